The number of allylic oxidation sites excluding steroid dienone is 2. The summed E-state index contributed by atoms with van der Waals surface area (Å²) in [7, 11) is 0. The molecule has 0 saturated carbocycles. The zero-order chi connectivity index (χ0) is 9.61. The Labute approximate surface area is 69.3 Å². The second kappa shape index (κ2) is 5.17. The fourth-order valence-electron chi connectivity index (χ4n) is 0.896. The lowest BCUT2D eigenvalue weighted by Crippen LogP contribution is -2.20. The van der Waals surface area contributed by atoms with Gasteiger partial charge in [0.05, 0.1) is 5.92 Å². The van der Waals surface area contributed by atoms with Gasteiger partial charge in [-0.2, -0.15) is 13.2 Å². The molecule has 0 aromatic rings. The van der Waals surface area contributed by atoms with Crippen LogP contribution in [0.1, 0.15) is 19.8 Å². The molecule has 0 aromatic carbocycles. The molecule has 0 spiro atoms. The minimum Gasteiger partial charge on any atom is -0.247 e. The molecular formula is C8H12F4. The molecule has 0 nitrogen and oxygen atoms in total. The Bertz CT molecular complexity index is 136. The number of halogens is 4. The van der Waals surface area contributed by atoms with E-state index in [9.17, 15) is 17.6 Å². The summed E-state index contributed by atoms with van der Waals surface area (Å²) in [5.74, 6) is -1.49. The van der Waals surface area contributed by atoms with E-state index in [1.54, 1.807) is 6.92 Å². The third kappa shape index (κ3) is 4.36. The van der Waals surface area contributed by atoms with E-state index in [0.29, 0.717) is 6.42 Å². The van der Waals surface area contributed by atoms with Crippen LogP contribution in [0.4, 0.5) is 17.6 Å². The van der Waals surface area contributed by atoms with Crippen LogP contribution in [0, 0.1) is 5.92 Å². The summed E-state index contributed by atoms with van der Waals surface area (Å²) in [6.45, 7) is 0.832. The second-order valence-corrected chi connectivity index (χ2v) is 2.52. The van der Waals surface area contributed by atoms with E-state index >= 15 is 0 Å². The highest BCUT2D eigenvalue weighted by atomic mass is 19.4. The van der Waals surface area contributed by atoms with Crippen molar-refractivity contribution in [1.82, 2.24) is 0 Å². The molecule has 4 heteroatoms. The molecule has 1 atom stereocenters. The highest BCUT2D eigenvalue weighted by molar-refractivity contribution is 4.91. The van der Waals surface area contributed by atoms with E-state index in [-0.39, 0.29) is 6.42 Å². The van der Waals surface area contributed by atoms with Crippen LogP contribution in [0.5, 0.6) is 0 Å². The van der Waals surface area contributed by atoms with Crippen molar-refractivity contribution in [1.29, 1.82) is 0 Å². The van der Waals surface area contributed by atoms with Crippen LogP contribution >= 0.6 is 0 Å². The van der Waals surface area contributed by atoms with Crippen molar-refractivity contribution in [3.8, 4) is 0 Å². The van der Waals surface area contributed by atoms with E-state index in [1.165, 1.54) is 0 Å². The number of hydrogen-bond donors (Lipinski definition) is 0. The molecule has 0 rings (SSSR count). The van der Waals surface area contributed by atoms with Crippen molar-refractivity contribution >= 4 is 0 Å². The Morgan fingerprint density at radius 2 is 1.92 bits per heavy atom. The SMILES string of the molecule is CCCC(C=CCF)C(F)(F)F. The Morgan fingerprint density at radius 1 is 1.33 bits per heavy atom. The van der Waals surface area contributed by atoms with Crippen molar-refractivity contribution in [2.45, 2.75) is 25.9 Å². The van der Waals surface area contributed by atoms with Crippen molar-refractivity contribution in [3.63, 3.8) is 0 Å². The maximum absolute atomic E-state index is 12.1. The van der Waals surface area contributed by atoms with Crippen LogP contribution in [-0.2, 0) is 0 Å². The summed E-state index contributed by atoms with van der Waals surface area (Å²) >= 11 is 0. The van der Waals surface area contributed by atoms with E-state index in [2.05, 4.69) is 0 Å². The molecule has 0 amide bonds. The standard InChI is InChI=1S/C8H12F4/c1-2-4-7(5-3-6-9)8(10,11)12/h3,5,7H,2,4,6H2,1H3. The Balaban J connectivity index is 4.13. The molecule has 0 aliphatic carbocycles. The minimum atomic E-state index is -4.23. The minimum absolute atomic E-state index is 0.0278. The van der Waals surface area contributed by atoms with Gasteiger partial charge in [0.15, 0.2) is 0 Å². The van der Waals surface area contributed by atoms with Crippen LogP contribution in [-0.4, -0.2) is 12.9 Å². The van der Waals surface area contributed by atoms with Crippen molar-refractivity contribution < 1.29 is 17.6 Å². The topological polar surface area (TPSA) is 0 Å². The first kappa shape index (κ1) is 11.5. The molecule has 0 bridgehead atoms. The van der Waals surface area contributed by atoms with Crippen LogP contribution in [0.15, 0.2) is 12.2 Å². The lowest BCUT2D eigenvalue weighted by molar-refractivity contribution is -0.162. The molecule has 0 radical (unpaired) electrons. The molecule has 0 saturated heterocycles. The normalized spacial score (nSPS) is 15.4. The van der Waals surface area contributed by atoms with Crippen molar-refractivity contribution in [2.75, 3.05) is 6.67 Å². The first-order valence-corrected chi connectivity index (χ1v) is 3.81. The van der Waals surface area contributed by atoms with Crippen LogP contribution in [0.3, 0.4) is 0 Å². The van der Waals surface area contributed by atoms with E-state index in [1.807, 2.05) is 0 Å². The van der Waals surface area contributed by atoms with Gasteiger partial charge in [-0.3, -0.25) is 0 Å². The summed E-state index contributed by atoms with van der Waals surface area (Å²) in [5.41, 5.74) is 0. The number of alkyl halides is 4. The molecule has 72 valence electrons. The summed E-state index contributed by atoms with van der Waals surface area (Å²) in [6.07, 6.45) is -1.96. The van der Waals surface area contributed by atoms with Crippen LogP contribution in [0.25, 0.3) is 0 Å². The van der Waals surface area contributed by atoms with E-state index < -0.39 is 18.8 Å². The predicted octanol–water partition coefficient (Wildman–Crippen LogP) is 3.49. The Kier molecular flexibility index (Phi) is 4.93. The molecule has 0 heterocycles. The first-order valence-electron chi connectivity index (χ1n) is 3.81. The number of hydrogen-bond acceptors (Lipinski definition) is 0. The Morgan fingerprint density at radius 3 is 2.25 bits per heavy atom. The maximum atomic E-state index is 12.1. The van der Waals surface area contributed by atoms with Gasteiger partial charge in [0.25, 0.3) is 0 Å². The lowest BCUT2D eigenvalue weighted by Gasteiger charge is -2.15. The van der Waals surface area contributed by atoms with Crippen LogP contribution < -0.4 is 0 Å². The van der Waals surface area contributed by atoms with Gasteiger partial charge in [0.1, 0.15) is 6.67 Å². The number of rotatable bonds is 4. The van der Waals surface area contributed by atoms with Gasteiger partial charge >= 0.3 is 6.18 Å². The van der Waals surface area contributed by atoms with Gasteiger partial charge in [0, 0.05) is 0 Å². The molecule has 0 fully saturated rings. The molecule has 1 unspecified atom stereocenters. The second-order valence-electron chi connectivity index (χ2n) is 2.52. The van der Waals surface area contributed by atoms with E-state index in [4.69, 9.17) is 0 Å². The summed E-state index contributed by atoms with van der Waals surface area (Å²) in [6, 6.07) is 0. The van der Waals surface area contributed by atoms with E-state index in [0.717, 1.165) is 12.2 Å². The molecule has 0 aliphatic rings. The molecule has 12 heavy (non-hydrogen) atoms. The average molecular weight is 184 g/mol. The summed E-state index contributed by atoms with van der Waals surface area (Å²) in [4.78, 5) is 0. The maximum Gasteiger partial charge on any atom is 0.395 e. The van der Waals surface area contributed by atoms with Crippen LogP contribution in [0.2, 0.25) is 0 Å². The largest absolute Gasteiger partial charge is 0.395 e. The van der Waals surface area contributed by atoms with Gasteiger partial charge in [-0.15, -0.1) is 0 Å². The van der Waals surface area contributed by atoms with Crippen molar-refractivity contribution in [2.24, 2.45) is 5.92 Å². The van der Waals surface area contributed by atoms with Gasteiger partial charge in [-0.05, 0) is 6.42 Å². The fourth-order valence-corrected chi connectivity index (χ4v) is 0.896. The van der Waals surface area contributed by atoms with Crippen molar-refractivity contribution in [3.05, 3.63) is 12.2 Å². The zero-order valence-electron chi connectivity index (χ0n) is 6.87. The molecule has 0 aromatic heterocycles. The lowest BCUT2D eigenvalue weighted by atomic mass is 10.0. The third-order valence-corrected chi connectivity index (χ3v) is 1.48. The Hall–Kier alpha value is -0.540. The third-order valence-electron chi connectivity index (χ3n) is 1.48. The monoisotopic (exact) mass is 184 g/mol. The van der Waals surface area contributed by atoms with Gasteiger partial charge < -0.3 is 0 Å². The molecule has 0 aliphatic heterocycles. The van der Waals surface area contributed by atoms with Gasteiger partial charge in [-0.25, -0.2) is 4.39 Å². The summed E-state index contributed by atoms with van der Waals surface area (Å²) in [5, 5.41) is 0. The highest BCUT2D eigenvalue weighted by Crippen LogP contribution is 2.30. The molecular weight excluding hydrogens is 172 g/mol. The smallest absolute Gasteiger partial charge is 0.247 e. The molecule has 0 N–H and O–H groups in total. The first-order chi connectivity index (χ1) is 5.52. The highest BCUT2D eigenvalue weighted by Gasteiger charge is 2.36. The summed E-state index contributed by atoms with van der Waals surface area (Å²) < 4.78 is 47.7. The fraction of sp³-hybridized carbons (Fsp3) is 0.750. The average Bonchev–Trinajstić information content (AvgIpc) is 1.95. The van der Waals surface area contributed by atoms with Gasteiger partial charge in [0.2, 0.25) is 0 Å². The zero-order valence-corrected chi connectivity index (χ0v) is 6.87. The quantitative estimate of drug-likeness (QED) is 0.463. The predicted molar refractivity (Wildman–Crippen MR) is 39.6 cm³/mol. The van der Waals surface area contributed by atoms with Gasteiger partial charge in [-0.1, -0.05) is 25.5 Å².